The lowest BCUT2D eigenvalue weighted by molar-refractivity contribution is -0.121. The first kappa shape index (κ1) is 16.0. The molecule has 0 bridgehead atoms. The molecule has 0 fully saturated rings. The molecule has 1 amide bonds. The van der Waals surface area contributed by atoms with E-state index in [-0.39, 0.29) is 5.91 Å². The zero-order chi connectivity index (χ0) is 15.9. The minimum Gasteiger partial charge on any atom is -0.273 e. The average Bonchev–Trinajstić information content (AvgIpc) is 2.53. The number of rotatable bonds is 5. The Morgan fingerprint density at radius 2 is 1.59 bits per heavy atom. The molecule has 3 heteroatoms. The number of carbonyl (C=O) groups is 1. The van der Waals surface area contributed by atoms with Crippen LogP contribution in [0.15, 0.2) is 59.7 Å². The van der Waals surface area contributed by atoms with Crippen LogP contribution in [0, 0.1) is 5.92 Å². The Morgan fingerprint density at radius 3 is 2.18 bits per heavy atom. The van der Waals surface area contributed by atoms with Crippen LogP contribution in [0.5, 0.6) is 0 Å². The minimum absolute atomic E-state index is 0.0461. The summed E-state index contributed by atoms with van der Waals surface area (Å²) in [6, 6.07) is 18.4. The van der Waals surface area contributed by atoms with E-state index in [0.717, 1.165) is 11.3 Å². The lowest BCUT2D eigenvalue weighted by atomic mass is 10.0. The molecule has 0 aliphatic heterocycles. The number of nitrogens with one attached hydrogen (secondary N) is 1. The predicted molar refractivity (Wildman–Crippen MR) is 91.7 cm³/mol. The van der Waals surface area contributed by atoms with Crippen LogP contribution in [0.25, 0.3) is 11.1 Å². The molecule has 0 unspecified atom stereocenters. The molecule has 0 radical (unpaired) electrons. The molecule has 0 aliphatic carbocycles. The van der Waals surface area contributed by atoms with Gasteiger partial charge in [-0.3, -0.25) is 4.79 Å². The smallest absolute Gasteiger partial charge is 0.240 e. The molecule has 0 heterocycles. The van der Waals surface area contributed by atoms with Crippen LogP contribution in [0.4, 0.5) is 0 Å². The molecule has 0 saturated carbocycles. The standard InChI is InChI=1S/C19H22N2O/c1-14(2)13-19(22)21-20-15(3)16-9-11-18(12-10-16)17-7-5-4-6-8-17/h4-12,14H,13H2,1-3H3,(H,21,22)/b20-15+. The van der Waals surface area contributed by atoms with Gasteiger partial charge in [-0.1, -0.05) is 68.4 Å². The van der Waals surface area contributed by atoms with Gasteiger partial charge in [0.25, 0.3) is 0 Å². The maximum atomic E-state index is 11.6. The molecule has 0 aliphatic rings. The maximum absolute atomic E-state index is 11.6. The zero-order valence-corrected chi connectivity index (χ0v) is 13.3. The van der Waals surface area contributed by atoms with Gasteiger partial charge >= 0.3 is 0 Å². The fraction of sp³-hybridized carbons (Fsp3) is 0.263. The second kappa shape index (κ2) is 7.55. The number of nitrogens with zero attached hydrogens (tertiary/aromatic N) is 1. The van der Waals surface area contributed by atoms with Crippen LogP contribution < -0.4 is 5.43 Å². The number of benzene rings is 2. The van der Waals surface area contributed by atoms with E-state index in [1.54, 1.807) is 0 Å². The van der Waals surface area contributed by atoms with E-state index < -0.39 is 0 Å². The van der Waals surface area contributed by atoms with Crippen LogP contribution in [-0.2, 0) is 4.79 Å². The van der Waals surface area contributed by atoms with E-state index in [0.29, 0.717) is 12.3 Å². The van der Waals surface area contributed by atoms with Crippen LogP contribution >= 0.6 is 0 Å². The van der Waals surface area contributed by atoms with E-state index in [1.165, 1.54) is 11.1 Å². The summed E-state index contributed by atoms with van der Waals surface area (Å²) < 4.78 is 0. The quantitative estimate of drug-likeness (QED) is 0.650. The molecule has 2 aromatic carbocycles. The van der Waals surface area contributed by atoms with Crippen molar-refractivity contribution in [2.75, 3.05) is 0 Å². The molecule has 0 spiro atoms. The summed E-state index contributed by atoms with van der Waals surface area (Å²) in [6.45, 7) is 5.92. The van der Waals surface area contributed by atoms with Crippen molar-refractivity contribution in [3.8, 4) is 11.1 Å². The van der Waals surface area contributed by atoms with E-state index in [2.05, 4.69) is 34.8 Å². The van der Waals surface area contributed by atoms with Gasteiger partial charge in [0.05, 0.1) is 5.71 Å². The van der Waals surface area contributed by atoms with Gasteiger partial charge in [-0.05, 0) is 29.5 Å². The minimum atomic E-state index is -0.0461. The molecule has 114 valence electrons. The second-order valence-electron chi connectivity index (χ2n) is 5.77. The van der Waals surface area contributed by atoms with Crippen molar-refractivity contribution >= 4 is 11.6 Å². The Balaban J connectivity index is 2.05. The van der Waals surface area contributed by atoms with Crippen molar-refractivity contribution in [3.63, 3.8) is 0 Å². The summed E-state index contributed by atoms with van der Waals surface area (Å²) in [7, 11) is 0. The highest BCUT2D eigenvalue weighted by Crippen LogP contribution is 2.19. The lowest BCUT2D eigenvalue weighted by Gasteiger charge is -2.06. The Bertz CT molecular complexity index is 643. The summed E-state index contributed by atoms with van der Waals surface area (Å²) in [6.07, 6.45) is 0.490. The molecule has 2 rings (SSSR count). The normalized spacial score (nSPS) is 11.5. The Morgan fingerprint density at radius 1 is 1.00 bits per heavy atom. The van der Waals surface area contributed by atoms with E-state index in [4.69, 9.17) is 0 Å². The van der Waals surface area contributed by atoms with Crippen molar-refractivity contribution < 1.29 is 4.79 Å². The summed E-state index contributed by atoms with van der Waals surface area (Å²) in [5, 5.41) is 4.17. The second-order valence-corrected chi connectivity index (χ2v) is 5.77. The third-order valence-electron chi connectivity index (χ3n) is 3.35. The van der Waals surface area contributed by atoms with Crippen molar-refractivity contribution in [1.82, 2.24) is 5.43 Å². The first-order chi connectivity index (χ1) is 10.6. The van der Waals surface area contributed by atoms with Crippen molar-refractivity contribution in [2.24, 2.45) is 11.0 Å². The topological polar surface area (TPSA) is 41.5 Å². The van der Waals surface area contributed by atoms with Crippen molar-refractivity contribution in [2.45, 2.75) is 27.2 Å². The number of amides is 1. The summed E-state index contributed by atoms with van der Waals surface area (Å²) >= 11 is 0. The molecule has 2 aromatic rings. The van der Waals surface area contributed by atoms with Gasteiger partial charge in [-0.2, -0.15) is 5.10 Å². The highest BCUT2D eigenvalue weighted by molar-refractivity contribution is 5.99. The molecule has 0 aromatic heterocycles. The van der Waals surface area contributed by atoms with Crippen LogP contribution in [0.1, 0.15) is 32.8 Å². The number of hydrogen-bond acceptors (Lipinski definition) is 2. The van der Waals surface area contributed by atoms with E-state index in [1.807, 2.05) is 51.1 Å². The third kappa shape index (κ3) is 4.55. The number of hydrogen-bond donors (Lipinski definition) is 1. The van der Waals surface area contributed by atoms with Gasteiger partial charge in [0, 0.05) is 6.42 Å². The summed E-state index contributed by atoms with van der Waals surface area (Å²) in [5.41, 5.74) is 6.77. The van der Waals surface area contributed by atoms with Gasteiger partial charge in [0.15, 0.2) is 0 Å². The SMILES string of the molecule is C/C(=N\NC(=O)CC(C)C)c1ccc(-c2ccccc2)cc1. The molecule has 3 nitrogen and oxygen atoms in total. The Hall–Kier alpha value is -2.42. The molecular formula is C19H22N2O. The molecule has 1 N–H and O–H groups in total. The molecular weight excluding hydrogens is 272 g/mol. The van der Waals surface area contributed by atoms with Gasteiger partial charge in [0.1, 0.15) is 0 Å². The first-order valence-electron chi connectivity index (χ1n) is 7.55. The first-order valence-corrected chi connectivity index (χ1v) is 7.55. The maximum Gasteiger partial charge on any atom is 0.240 e. The van der Waals surface area contributed by atoms with Crippen LogP contribution in [0.3, 0.4) is 0 Å². The van der Waals surface area contributed by atoms with Crippen LogP contribution in [0.2, 0.25) is 0 Å². The predicted octanol–water partition coefficient (Wildman–Crippen LogP) is 4.24. The Labute approximate surface area is 132 Å². The van der Waals surface area contributed by atoms with Gasteiger partial charge in [0.2, 0.25) is 5.91 Å². The van der Waals surface area contributed by atoms with Crippen LogP contribution in [-0.4, -0.2) is 11.6 Å². The molecule has 0 saturated heterocycles. The molecule has 22 heavy (non-hydrogen) atoms. The summed E-state index contributed by atoms with van der Waals surface area (Å²) in [5.74, 6) is 0.288. The average molecular weight is 294 g/mol. The fourth-order valence-electron chi connectivity index (χ4n) is 2.16. The molecule has 0 atom stereocenters. The lowest BCUT2D eigenvalue weighted by Crippen LogP contribution is -2.20. The number of hydrazone groups is 1. The Kier molecular flexibility index (Phi) is 5.48. The highest BCUT2D eigenvalue weighted by atomic mass is 16.2. The van der Waals surface area contributed by atoms with Gasteiger partial charge < -0.3 is 0 Å². The monoisotopic (exact) mass is 294 g/mol. The van der Waals surface area contributed by atoms with Gasteiger partial charge in [-0.15, -0.1) is 0 Å². The highest BCUT2D eigenvalue weighted by Gasteiger charge is 2.04. The number of carbonyl (C=O) groups excluding carboxylic acids is 1. The largest absolute Gasteiger partial charge is 0.273 e. The van der Waals surface area contributed by atoms with Crippen molar-refractivity contribution in [1.29, 1.82) is 0 Å². The fourth-order valence-corrected chi connectivity index (χ4v) is 2.16. The third-order valence-corrected chi connectivity index (χ3v) is 3.35. The van der Waals surface area contributed by atoms with Crippen molar-refractivity contribution in [3.05, 3.63) is 60.2 Å². The van der Waals surface area contributed by atoms with E-state index in [9.17, 15) is 4.79 Å². The van der Waals surface area contributed by atoms with E-state index >= 15 is 0 Å². The zero-order valence-electron chi connectivity index (χ0n) is 13.3. The summed E-state index contributed by atoms with van der Waals surface area (Å²) in [4.78, 5) is 11.6. The van der Waals surface area contributed by atoms with Gasteiger partial charge in [-0.25, -0.2) is 5.43 Å².